The highest BCUT2D eigenvalue weighted by Gasteiger charge is 2.01. The summed E-state index contributed by atoms with van der Waals surface area (Å²) in [5.74, 6) is -0.118. The Morgan fingerprint density at radius 2 is 2.23 bits per heavy atom. The van der Waals surface area contributed by atoms with Crippen LogP contribution in [-0.2, 0) is 11.2 Å². The zero-order chi connectivity index (χ0) is 15.2. The van der Waals surface area contributed by atoms with Gasteiger partial charge in [-0.1, -0.05) is 12.1 Å². The molecule has 0 aliphatic carbocycles. The summed E-state index contributed by atoms with van der Waals surface area (Å²) in [6.45, 7) is 0.556. The molecule has 3 aromatic rings. The van der Waals surface area contributed by atoms with E-state index in [1.54, 1.807) is 18.5 Å². The van der Waals surface area contributed by atoms with Crippen LogP contribution in [0.1, 0.15) is 11.3 Å². The Morgan fingerprint density at radius 1 is 1.27 bits per heavy atom. The monoisotopic (exact) mass is 292 g/mol. The Kier molecular flexibility index (Phi) is 4.25. The largest absolute Gasteiger partial charge is 0.352 e. The molecule has 0 fully saturated rings. The molecule has 0 aliphatic rings. The average molecular weight is 292 g/mol. The van der Waals surface area contributed by atoms with E-state index in [1.807, 2.05) is 47.1 Å². The van der Waals surface area contributed by atoms with E-state index in [9.17, 15) is 4.79 Å². The first-order chi connectivity index (χ1) is 10.8. The molecule has 0 saturated heterocycles. The standard InChI is InChI=1S/C17H16N4O/c22-17(7-6-14-4-3-9-18-12-14)19-10-8-15-13-21-11-2-1-5-16(21)20-15/h1-7,9,11-13H,8,10H2,(H,19,22)/b7-6+. The molecule has 110 valence electrons. The molecule has 0 unspecified atom stereocenters. The second-order valence-corrected chi connectivity index (χ2v) is 4.86. The van der Waals surface area contributed by atoms with Crippen LogP contribution in [0, 0.1) is 0 Å². The number of nitrogens with zero attached hydrogens (tertiary/aromatic N) is 3. The summed E-state index contributed by atoms with van der Waals surface area (Å²) in [5.41, 5.74) is 2.78. The molecular formula is C17H16N4O. The Hall–Kier alpha value is -2.95. The van der Waals surface area contributed by atoms with Crippen molar-refractivity contribution in [1.29, 1.82) is 0 Å². The van der Waals surface area contributed by atoms with E-state index in [0.717, 1.165) is 16.9 Å². The highest BCUT2D eigenvalue weighted by atomic mass is 16.1. The quantitative estimate of drug-likeness (QED) is 0.733. The number of fused-ring (bicyclic) bond motifs is 1. The van der Waals surface area contributed by atoms with Crippen LogP contribution in [0.25, 0.3) is 11.7 Å². The van der Waals surface area contributed by atoms with E-state index >= 15 is 0 Å². The molecule has 3 heterocycles. The minimum absolute atomic E-state index is 0.118. The number of nitrogens with one attached hydrogen (secondary N) is 1. The van der Waals surface area contributed by atoms with Gasteiger partial charge in [-0.25, -0.2) is 4.98 Å². The maximum Gasteiger partial charge on any atom is 0.244 e. The fourth-order valence-electron chi connectivity index (χ4n) is 2.13. The SMILES string of the molecule is O=C(/C=C/c1cccnc1)NCCc1cn2ccccc2n1. The second kappa shape index (κ2) is 6.67. The Morgan fingerprint density at radius 3 is 3.05 bits per heavy atom. The number of aromatic nitrogens is 3. The fraction of sp³-hybridized carbons (Fsp3) is 0.118. The third-order valence-electron chi connectivity index (χ3n) is 3.21. The summed E-state index contributed by atoms with van der Waals surface area (Å²) in [7, 11) is 0. The van der Waals surface area contributed by atoms with Crippen molar-refractivity contribution in [3.63, 3.8) is 0 Å². The van der Waals surface area contributed by atoms with Gasteiger partial charge in [-0.05, 0) is 29.8 Å². The van der Waals surface area contributed by atoms with Gasteiger partial charge in [0.05, 0.1) is 5.69 Å². The first-order valence-corrected chi connectivity index (χ1v) is 7.10. The van der Waals surface area contributed by atoms with E-state index in [-0.39, 0.29) is 5.91 Å². The molecule has 1 N–H and O–H groups in total. The van der Waals surface area contributed by atoms with Gasteiger partial charge in [-0.3, -0.25) is 9.78 Å². The number of carbonyl (C=O) groups excluding carboxylic acids is 1. The molecule has 5 nitrogen and oxygen atoms in total. The van der Waals surface area contributed by atoms with Crippen molar-refractivity contribution >= 4 is 17.6 Å². The van der Waals surface area contributed by atoms with Gasteiger partial charge in [0.25, 0.3) is 0 Å². The number of rotatable bonds is 5. The fourth-order valence-corrected chi connectivity index (χ4v) is 2.13. The molecule has 5 heteroatoms. The van der Waals surface area contributed by atoms with Gasteiger partial charge in [0.2, 0.25) is 5.91 Å². The third-order valence-corrected chi connectivity index (χ3v) is 3.21. The van der Waals surface area contributed by atoms with E-state index in [1.165, 1.54) is 6.08 Å². The van der Waals surface area contributed by atoms with Crippen LogP contribution in [-0.4, -0.2) is 26.8 Å². The lowest BCUT2D eigenvalue weighted by Gasteiger charge is -1.99. The lowest BCUT2D eigenvalue weighted by molar-refractivity contribution is -0.116. The highest BCUT2D eigenvalue weighted by molar-refractivity contribution is 5.91. The first kappa shape index (κ1) is 14.0. The van der Waals surface area contributed by atoms with Crippen molar-refractivity contribution in [2.45, 2.75) is 6.42 Å². The number of pyridine rings is 2. The number of hydrogen-bond donors (Lipinski definition) is 1. The zero-order valence-electron chi connectivity index (χ0n) is 12.0. The first-order valence-electron chi connectivity index (χ1n) is 7.10. The molecule has 0 radical (unpaired) electrons. The van der Waals surface area contributed by atoms with Crippen LogP contribution >= 0.6 is 0 Å². The number of hydrogen-bond acceptors (Lipinski definition) is 3. The third kappa shape index (κ3) is 3.58. The van der Waals surface area contributed by atoms with Crippen molar-refractivity contribution in [2.24, 2.45) is 0 Å². The zero-order valence-corrected chi connectivity index (χ0v) is 12.0. The number of amides is 1. The lowest BCUT2D eigenvalue weighted by atomic mass is 10.2. The number of imidazole rings is 1. The molecule has 1 amide bonds. The summed E-state index contributed by atoms with van der Waals surface area (Å²) in [4.78, 5) is 20.2. The number of carbonyl (C=O) groups is 1. The average Bonchev–Trinajstić information content (AvgIpc) is 2.96. The Bertz CT molecular complexity index is 760. The van der Waals surface area contributed by atoms with Crippen LogP contribution in [0.2, 0.25) is 0 Å². The van der Waals surface area contributed by atoms with Gasteiger partial charge in [-0.2, -0.15) is 0 Å². The normalized spacial score (nSPS) is 11.1. The van der Waals surface area contributed by atoms with E-state index in [2.05, 4.69) is 15.3 Å². The Balaban J connectivity index is 1.50. The molecule has 0 spiro atoms. The van der Waals surface area contributed by atoms with Gasteiger partial charge in [0, 0.05) is 43.8 Å². The minimum atomic E-state index is -0.118. The minimum Gasteiger partial charge on any atom is -0.352 e. The molecule has 0 aromatic carbocycles. The topological polar surface area (TPSA) is 59.3 Å². The molecular weight excluding hydrogens is 276 g/mol. The summed E-state index contributed by atoms with van der Waals surface area (Å²) in [6, 6.07) is 9.60. The van der Waals surface area contributed by atoms with Crippen LogP contribution in [0.3, 0.4) is 0 Å². The maximum atomic E-state index is 11.7. The van der Waals surface area contributed by atoms with Crippen molar-refractivity contribution in [2.75, 3.05) is 6.54 Å². The highest BCUT2D eigenvalue weighted by Crippen LogP contribution is 2.04. The van der Waals surface area contributed by atoms with Crippen molar-refractivity contribution in [3.05, 3.63) is 72.5 Å². The summed E-state index contributed by atoms with van der Waals surface area (Å²) >= 11 is 0. The molecule has 0 saturated carbocycles. The molecule has 3 aromatic heterocycles. The van der Waals surface area contributed by atoms with Gasteiger partial charge in [-0.15, -0.1) is 0 Å². The predicted octanol–water partition coefficient (Wildman–Crippen LogP) is 2.10. The van der Waals surface area contributed by atoms with Crippen LogP contribution in [0.15, 0.2) is 61.2 Å². The van der Waals surface area contributed by atoms with Crippen molar-refractivity contribution < 1.29 is 4.79 Å². The van der Waals surface area contributed by atoms with E-state index in [0.29, 0.717) is 13.0 Å². The van der Waals surface area contributed by atoms with Gasteiger partial charge >= 0.3 is 0 Å². The predicted molar refractivity (Wildman–Crippen MR) is 85.2 cm³/mol. The molecule has 0 aliphatic heterocycles. The van der Waals surface area contributed by atoms with Gasteiger partial charge < -0.3 is 9.72 Å². The molecule has 22 heavy (non-hydrogen) atoms. The van der Waals surface area contributed by atoms with E-state index in [4.69, 9.17) is 0 Å². The summed E-state index contributed by atoms with van der Waals surface area (Å²) < 4.78 is 1.97. The smallest absolute Gasteiger partial charge is 0.244 e. The summed E-state index contributed by atoms with van der Waals surface area (Å²) in [6.07, 6.45) is 11.3. The van der Waals surface area contributed by atoms with Crippen LogP contribution in [0.5, 0.6) is 0 Å². The van der Waals surface area contributed by atoms with Crippen molar-refractivity contribution in [1.82, 2.24) is 19.7 Å². The van der Waals surface area contributed by atoms with Gasteiger partial charge in [0.1, 0.15) is 5.65 Å². The molecule has 0 bridgehead atoms. The molecule has 0 atom stereocenters. The van der Waals surface area contributed by atoms with Crippen LogP contribution in [0.4, 0.5) is 0 Å². The van der Waals surface area contributed by atoms with E-state index < -0.39 is 0 Å². The van der Waals surface area contributed by atoms with Crippen LogP contribution < -0.4 is 5.32 Å². The van der Waals surface area contributed by atoms with Gasteiger partial charge in [0.15, 0.2) is 0 Å². The summed E-state index contributed by atoms with van der Waals surface area (Å²) in [5, 5.41) is 2.85. The Labute approximate surface area is 128 Å². The van der Waals surface area contributed by atoms with Crippen molar-refractivity contribution in [3.8, 4) is 0 Å². The second-order valence-electron chi connectivity index (χ2n) is 4.86. The lowest BCUT2D eigenvalue weighted by Crippen LogP contribution is -2.23. The molecule has 3 rings (SSSR count). The maximum absolute atomic E-state index is 11.7.